The third-order valence-corrected chi connectivity index (χ3v) is 5.63. The van der Waals surface area contributed by atoms with Gasteiger partial charge < -0.3 is 0 Å². The van der Waals surface area contributed by atoms with Crippen LogP contribution >= 0.6 is 0 Å². The van der Waals surface area contributed by atoms with E-state index in [4.69, 9.17) is 0 Å². The second-order valence-corrected chi connectivity index (χ2v) is 7.07. The fourth-order valence-electron chi connectivity index (χ4n) is 2.59. The summed E-state index contributed by atoms with van der Waals surface area (Å²) in [5, 5.41) is 0. The van der Waals surface area contributed by atoms with Crippen LogP contribution in [0, 0.1) is 6.92 Å². The fourth-order valence-corrected chi connectivity index (χ4v) is 4.35. The average molecular weight is 294 g/mol. The van der Waals surface area contributed by atoms with Crippen molar-refractivity contribution in [2.75, 3.05) is 6.54 Å². The first-order valence-corrected chi connectivity index (χ1v) is 8.04. The van der Waals surface area contributed by atoms with Crippen molar-refractivity contribution in [3.63, 3.8) is 0 Å². The summed E-state index contributed by atoms with van der Waals surface area (Å²) < 4.78 is 26.8. The number of isocyanates is 1. The molecule has 1 saturated heterocycles. The smallest absolute Gasteiger partial charge is 0.211 e. The number of hydrogen-bond donors (Lipinski definition) is 0. The summed E-state index contributed by atoms with van der Waals surface area (Å²) in [6.45, 7) is 4.10. The quantitative estimate of drug-likeness (QED) is 0.631. The minimum absolute atomic E-state index is 0.119. The molecule has 0 spiro atoms. The Balaban J connectivity index is 2.25. The van der Waals surface area contributed by atoms with E-state index in [9.17, 15) is 13.2 Å². The third-order valence-electron chi connectivity index (χ3n) is 3.62. The third kappa shape index (κ3) is 2.98. The Morgan fingerprint density at radius 3 is 2.75 bits per heavy atom. The number of benzene rings is 1. The van der Waals surface area contributed by atoms with Crippen LogP contribution < -0.4 is 0 Å². The molecule has 1 aromatic rings. The predicted molar refractivity (Wildman–Crippen MR) is 75.7 cm³/mol. The van der Waals surface area contributed by atoms with Gasteiger partial charge in [0.1, 0.15) is 0 Å². The lowest BCUT2D eigenvalue weighted by atomic mass is 10.0. The number of aryl methyl sites for hydroxylation is 1. The van der Waals surface area contributed by atoms with E-state index in [1.54, 1.807) is 24.3 Å². The van der Waals surface area contributed by atoms with Gasteiger partial charge in [0.25, 0.3) is 0 Å². The number of nitrogens with zero attached hydrogens (tertiary/aromatic N) is 2. The van der Waals surface area contributed by atoms with Crippen LogP contribution in [0.1, 0.15) is 25.3 Å². The Bertz CT molecular complexity index is 636. The van der Waals surface area contributed by atoms with E-state index in [0.29, 0.717) is 24.3 Å². The lowest BCUT2D eigenvalue weighted by Crippen LogP contribution is -2.45. The van der Waals surface area contributed by atoms with Crippen LogP contribution in [0.5, 0.6) is 0 Å². The molecule has 0 bridgehead atoms. The zero-order valence-corrected chi connectivity index (χ0v) is 12.4. The van der Waals surface area contributed by atoms with Gasteiger partial charge in [0.15, 0.2) is 0 Å². The molecule has 2 unspecified atom stereocenters. The summed E-state index contributed by atoms with van der Waals surface area (Å²) in [5.41, 5.74) is 0.916. The van der Waals surface area contributed by atoms with Crippen molar-refractivity contribution in [1.82, 2.24) is 4.31 Å². The molecule has 2 atom stereocenters. The van der Waals surface area contributed by atoms with E-state index in [1.807, 2.05) is 19.9 Å². The van der Waals surface area contributed by atoms with Crippen molar-refractivity contribution in [2.45, 2.75) is 43.7 Å². The summed E-state index contributed by atoms with van der Waals surface area (Å²) in [4.78, 5) is 14.3. The van der Waals surface area contributed by atoms with E-state index < -0.39 is 10.0 Å². The van der Waals surface area contributed by atoms with Crippen molar-refractivity contribution in [2.24, 2.45) is 4.99 Å². The molecule has 1 aromatic carbocycles. The van der Waals surface area contributed by atoms with Crippen LogP contribution in [0.25, 0.3) is 0 Å². The lowest BCUT2D eigenvalue weighted by Gasteiger charge is -2.34. The Morgan fingerprint density at radius 1 is 1.40 bits per heavy atom. The molecule has 0 aromatic heterocycles. The van der Waals surface area contributed by atoms with Gasteiger partial charge in [-0.3, -0.25) is 0 Å². The number of aliphatic imine (C=N–C) groups is 1. The molecule has 0 aliphatic carbocycles. The van der Waals surface area contributed by atoms with Crippen LogP contribution in [0.15, 0.2) is 34.2 Å². The van der Waals surface area contributed by atoms with Gasteiger partial charge in [0.05, 0.1) is 10.9 Å². The van der Waals surface area contributed by atoms with Gasteiger partial charge in [0.2, 0.25) is 16.1 Å². The van der Waals surface area contributed by atoms with Gasteiger partial charge in [-0.15, -0.1) is 0 Å². The first-order valence-electron chi connectivity index (χ1n) is 6.60. The predicted octanol–water partition coefficient (Wildman–Crippen LogP) is 1.87. The van der Waals surface area contributed by atoms with Gasteiger partial charge >= 0.3 is 0 Å². The first kappa shape index (κ1) is 14.9. The zero-order valence-electron chi connectivity index (χ0n) is 11.6. The molecule has 6 heteroatoms. The largest absolute Gasteiger partial charge is 0.243 e. The number of rotatable bonds is 3. The minimum Gasteiger partial charge on any atom is -0.211 e. The van der Waals surface area contributed by atoms with Crippen molar-refractivity contribution in [3.05, 3.63) is 29.8 Å². The minimum atomic E-state index is -3.48. The van der Waals surface area contributed by atoms with Crippen molar-refractivity contribution >= 4 is 16.1 Å². The molecule has 2 rings (SSSR count). The van der Waals surface area contributed by atoms with Crippen molar-refractivity contribution in [3.8, 4) is 0 Å². The van der Waals surface area contributed by atoms with E-state index in [1.165, 1.54) is 4.31 Å². The maximum atomic E-state index is 12.6. The molecular formula is C14H18N2O3S. The first-order chi connectivity index (χ1) is 9.45. The molecule has 0 saturated carbocycles. The van der Waals surface area contributed by atoms with Gasteiger partial charge in [0, 0.05) is 12.6 Å². The summed E-state index contributed by atoms with van der Waals surface area (Å²) in [5.74, 6) is 0. The van der Waals surface area contributed by atoms with Gasteiger partial charge in [-0.25, -0.2) is 18.2 Å². The van der Waals surface area contributed by atoms with Gasteiger partial charge in [-0.1, -0.05) is 12.1 Å². The van der Waals surface area contributed by atoms with Gasteiger partial charge in [-0.05, 0) is 44.4 Å². The number of hydrogen-bond acceptors (Lipinski definition) is 4. The Kier molecular flexibility index (Phi) is 4.38. The highest BCUT2D eigenvalue weighted by Crippen LogP contribution is 2.26. The summed E-state index contributed by atoms with van der Waals surface area (Å²) in [7, 11) is -3.48. The molecule has 0 amide bonds. The zero-order chi connectivity index (χ0) is 14.8. The van der Waals surface area contributed by atoms with E-state index in [-0.39, 0.29) is 12.1 Å². The molecular weight excluding hydrogens is 276 g/mol. The molecule has 108 valence electrons. The molecule has 20 heavy (non-hydrogen) atoms. The van der Waals surface area contributed by atoms with E-state index in [0.717, 1.165) is 5.56 Å². The molecule has 1 heterocycles. The van der Waals surface area contributed by atoms with E-state index >= 15 is 0 Å². The van der Waals surface area contributed by atoms with Crippen LogP contribution in [0.4, 0.5) is 0 Å². The summed E-state index contributed by atoms with van der Waals surface area (Å²) >= 11 is 0. The van der Waals surface area contributed by atoms with Gasteiger partial charge in [-0.2, -0.15) is 4.31 Å². The highest BCUT2D eigenvalue weighted by Gasteiger charge is 2.34. The maximum absolute atomic E-state index is 12.6. The standard InChI is InChI=1S/C14H18N2O3S/c1-11-4-3-5-14(8-11)20(18,19)16-7-6-13(15-10-17)9-12(16)2/h3-5,8,12-13H,6-7,9H2,1-2H3. The Hall–Kier alpha value is -1.49. The second kappa shape index (κ2) is 5.87. The maximum Gasteiger partial charge on any atom is 0.243 e. The summed E-state index contributed by atoms with van der Waals surface area (Å²) in [6, 6.07) is 6.62. The lowest BCUT2D eigenvalue weighted by molar-refractivity contribution is 0.248. The molecule has 0 N–H and O–H groups in total. The van der Waals surface area contributed by atoms with Crippen LogP contribution in [0.2, 0.25) is 0 Å². The molecule has 1 aliphatic heterocycles. The number of piperidine rings is 1. The number of sulfonamides is 1. The molecule has 1 fully saturated rings. The molecule has 5 nitrogen and oxygen atoms in total. The Labute approximate surface area is 119 Å². The normalized spacial score (nSPS) is 24.1. The molecule has 0 radical (unpaired) electrons. The second-order valence-electron chi connectivity index (χ2n) is 5.18. The highest BCUT2D eigenvalue weighted by molar-refractivity contribution is 7.89. The SMILES string of the molecule is Cc1cccc(S(=O)(=O)N2CCC(N=C=O)CC2C)c1. The van der Waals surface area contributed by atoms with Crippen LogP contribution in [-0.2, 0) is 14.8 Å². The fraction of sp³-hybridized carbons (Fsp3) is 0.500. The van der Waals surface area contributed by atoms with Crippen molar-refractivity contribution in [1.29, 1.82) is 0 Å². The number of carbonyl (C=O) groups excluding carboxylic acids is 1. The van der Waals surface area contributed by atoms with Crippen molar-refractivity contribution < 1.29 is 13.2 Å². The summed E-state index contributed by atoms with van der Waals surface area (Å²) in [6.07, 6.45) is 2.67. The van der Waals surface area contributed by atoms with Crippen LogP contribution in [0.3, 0.4) is 0 Å². The van der Waals surface area contributed by atoms with E-state index in [2.05, 4.69) is 4.99 Å². The average Bonchev–Trinajstić information content (AvgIpc) is 2.39. The van der Waals surface area contributed by atoms with Crippen LogP contribution in [-0.4, -0.2) is 37.4 Å². The highest BCUT2D eigenvalue weighted by atomic mass is 32.2. The topological polar surface area (TPSA) is 66.8 Å². The molecule has 1 aliphatic rings. The Morgan fingerprint density at radius 2 is 2.15 bits per heavy atom. The monoisotopic (exact) mass is 294 g/mol.